The summed E-state index contributed by atoms with van der Waals surface area (Å²) in [5, 5.41) is 0.157. The number of benzene rings is 1. The fourth-order valence-electron chi connectivity index (χ4n) is 1.77. The number of fused-ring (bicyclic) bond motifs is 1. The van der Waals surface area contributed by atoms with E-state index in [9.17, 15) is 8.78 Å². The molecule has 0 saturated heterocycles. The fraction of sp³-hybridized carbons (Fsp3) is 0.308. The first-order valence-electron chi connectivity index (χ1n) is 5.35. The molecule has 2 N–H and O–H groups in total. The minimum atomic E-state index is -0.861. The standard InChI is InChI=1S/C13H14F2N2/c1-13(2,3)8-6-9-7(11(14)12(8)15)4-5-10(16)17-9/h4-6H,1-3H3,(H2,16,17). The molecular formula is C13H14F2N2. The predicted octanol–water partition coefficient (Wildman–Crippen LogP) is 3.39. The average molecular weight is 236 g/mol. The first-order chi connectivity index (χ1) is 7.80. The molecule has 0 saturated carbocycles. The molecule has 0 radical (unpaired) electrons. The molecule has 2 aromatic rings. The number of nitrogen functional groups attached to an aromatic ring is 1. The van der Waals surface area contributed by atoms with Crippen molar-refractivity contribution in [1.29, 1.82) is 0 Å². The van der Waals surface area contributed by atoms with E-state index in [-0.39, 0.29) is 5.39 Å². The number of nitrogens with two attached hydrogens (primary N) is 1. The molecule has 2 nitrogen and oxygen atoms in total. The lowest BCUT2D eigenvalue weighted by Gasteiger charge is -2.20. The molecule has 0 atom stereocenters. The second-order valence-electron chi connectivity index (χ2n) is 5.10. The molecule has 17 heavy (non-hydrogen) atoms. The summed E-state index contributed by atoms with van der Waals surface area (Å²) >= 11 is 0. The number of hydrogen-bond acceptors (Lipinski definition) is 2. The SMILES string of the molecule is CC(C)(C)c1cc2nc(N)ccc2c(F)c1F. The van der Waals surface area contributed by atoms with E-state index in [1.54, 1.807) is 6.07 Å². The number of aromatic nitrogens is 1. The Labute approximate surface area is 98.5 Å². The van der Waals surface area contributed by atoms with Crippen LogP contribution in [0.2, 0.25) is 0 Å². The number of hydrogen-bond donors (Lipinski definition) is 1. The minimum absolute atomic E-state index is 0.157. The topological polar surface area (TPSA) is 38.9 Å². The highest BCUT2D eigenvalue weighted by Crippen LogP contribution is 2.31. The molecule has 0 unspecified atom stereocenters. The number of rotatable bonds is 0. The lowest BCUT2D eigenvalue weighted by Crippen LogP contribution is -2.15. The van der Waals surface area contributed by atoms with Crippen LogP contribution in [0.3, 0.4) is 0 Å². The Bertz CT molecular complexity index is 586. The Morgan fingerprint density at radius 1 is 1.12 bits per heavy atom. The maximum absolute atomic E-state index is 13.9. The molecular weight excluding hydrogens is 222 g/mol. The summed E-state index contributed by atoms with van der Waals surface area (Å²) < 4.78 is 27.8. The molecule has 0 aliphatic carbocycles. The molecule has 1 heterocycles. The van der Waals surface area contributed by atoms with Gasteiger partial charge < -0.3 is 5.73 Å². The molecule has 0 aliphatic rings. The highest BCUT2D eigenvalue weighted by molar-refractivity contribution is 5.81. The van der Waals surface area contributed by atoms with E-state index < -0.39 is 17.0 Å². The highest BCUT2D eigenvalue weighted by Gasteiger charge is 2.23. The zero-order chi connectivity index (χ0) is 12.8. The summed E-state index contributed by atoms with van der Waals surface area (Å²) in [6.07, 6.45) is 0. The van der Waals surface area contributed by atoms with Crippen molar-refractivity contribution in [2.45, 2.75) is 26.2 Å². The molecule has 0 fully saturated rings. The van der Waals surface area contributed by atoms with Crippen LogP contribution in [-0.4, -0.2) is 4.98 Å². The maximum atomic E-state index is 13.9. The van der Waals surface area contributed by atoms with Crippen molar-refractivity contribution in [2.75, 3.05) is 5.73 Å². The summed E-state index contributed by atoms with van der Waals surface area (Å²) in [6.45, 7) is 5.47. The molecule has 0 bridgehead atoms. The van der Waals surface area contributed by atoms with Crippen LogP contribution >= 0.6 is 0 Å². The summed E-state index contributed by atoms with van der Waals surface area (Å²) in [5.74, 6) is -1.38. The van der Waals surface area contributed by atoms with Crippen LogP contribution in [0.5, 0.6) is 0 Å². The zero-order valence-electron chi connectivity index (χ0n) is 10.0. The highest BCUT2D eigenvalue weighted by atomic mass is 19.2. The molecule has 2 rings (SSSR count). The predicted molar refractivity (Wildman–Crippen MR) is 64.8 cm³/mol. The van der Waals surface area contributed by atoms with Crippen LogP contribution in [0.25, 0.3) is 10.9 Å². The van der Waals surface area contributed by atoms with Crippen LogP contribution in [0.1, 0.15) is 26.3 Å². The van der Waals surface area contributed by atoms with E-state index in [1.165, 1.54) is 12.1 Å². The lowest BCUT2D eigenvalue weighted by atomic mass is 9.86. The van der Waals surface area contributed by atoms with Gasteiger partial charge in [0.1, 0.15) is 5.82 Å². The number of pyridine rings is 1. The smallest absolute Gasteiger partial charge is 0.168 e. The second kappa shape index (κ2) is 3.65. The summed E-state index contributed by atoms with van der Waals surface area (Å²) in [7, 11) is 0. The molecule has 0 spiro atoms. The summed E-state index contributed by atoms with van der Waals surface area (Å²) in [6, 6.07) is 4.47. The average Bonchev–Trinajstić information content (AvgIpc) is 2.21. The molecule has 4 heteroatoms. The van der Waals surface area contributed by atoms with Crippen molar-refractivity contribution in [1.82, 2.24) is 4.98 Å². The molecule has 0 aliphatic heterocycles. The fourth-order valence-corrected chi connectivity index (χ4v) is 1.77. The normalized spacial score (nSPS) is 12.1. The number of nitrogens with zero attached hydrogens (tertiary/aromatic N) is 1. The molecule has 90 valence electrons. The van der Waals surface area contributed by atoms with Gasteiger partial charge in [0.15, 0.2) is 11.6 Å². The molecule has 1 aromatic heterocycles. The first kappa shape index (κ1) is 11.8. The van der Waals surface area contributed by atoms with Crippen molar-refractivity contribution in [3.05, 3.63) is 35.4 Å². The van der Waals surface area contributed by atoms with E-state index in [0.717, 1.165) is 0 Å². The van der Waals surface area contributed by atoms with Gasteiger partial charge in [-0.1, -0.05) is 20.8 Å². The van der Waals surface area contributed by atoms with E-state index in [2.05, 4.69) is 4.98 Å². The Morgan fingerprint density at radius 2 is 1.76 bits per heavy atom. The van der Waals surface area contributed by atoms with E-state index in [1.807, 2.05) is 20.8 Å². The van der Waals surface area contributed by atoms with Gasteiger partial charge in [0.25, 0.3) is 0 Å². The van der Waals surface area contributed by atoms with Gasteiger partial charge in [-0.2, -0.15) is 0 Å². The largest absolute Gasteiger partial charge is 0.384 e. The van der Waals surface area contributed by atoms with Crippen molar-refractivity contribution in [3.63, 3.8) is 0 Å². The molecule has 0 amide bonds. The van der Waals surface area contributed by atoms with Crippen LogP contribution in [0, 0.1) is 11.6 Å². The van der Waals surface area contributed by atoms with Crippen LogP contribution < -0.4 is 5.73 Å². The van der Waals surface area contributed by atoms with Gasteiger partial charge in [-0.05, 0) is 29.2 Å². The van der Waals surface area contributed by atoms with Crippen LogP contribution in [-0.2, 0) is 5.41 Å². The second-order valence-corrected chi connectivity index (χ2v) is 5.10. The van der Waals surface area contributed by atoms with E-state index in [0.29, 0.717) is 16.9 Å². The Balaban J connectivity index is 2.85. The minimum Gasteiger partial charge on any atom is -0.384 e. The summed E-state index contributed by atoms with van der Waals surface area (Å²) in [5.41, 5.74) is 5.75. The van der Waals surface area contributed by atoms with Gasteiger partial charge in [0.2, 0.25) is 0 Å². The van der Waals surface area contributed by atoms with Crippen molar-refractivity contribution < 1.29 is 8.78 Å². The monoisotopic (exact) mass is 236 g/mol. The number of anilines is 1. The van der Waals surface area contributed by atoms with Gasteiger partial charge in [0, 0.05) is 5.39 Å². The van der Waals surface area contributed by atoms with Crippen LogP contribution in [0.15, 0.2) is 18.2 Å². The van der Waals surface area contributed by atoms with Crippen molar-refractivity contribution >= 4 is 16.7 Å². The Kier molecular flexibility index (Phi) is 2.53. The third-order valence-corrected chi connectivity index (χ3v) is 2.70. The lowest BCUT2D eigenvalue weighted by molar-refractivity contribution is 0.471. The summed E-state index contributed by atoms with van der Waals surface area (Å²) in [4.78, 5) is 4.02. The van der Waals surface area contributed by atoms with Gasteiger partial charge in [-0.15, -0.1) is 0 Å². The zero-order valence-corrected chi connectivity index (χ0v) is 10.0. The van der Waals surface area contributed by atoms with Gasteiger partial charge in [0.05, 0.1) is 5.52 Å². The van der Waals surface area contributed by atoms with E-state index >= 15 is 0 Å². The molecule has 1 aromatic carbocycles. The van der Waals surface area contributed by atoms with Crippen molar-refractivity contribution in [3.8, 4) is 0 Å². The van der Waals surface area contributed by atoms with Gasteiger partial charge >= 0.3 is 0 Å². The van der Waals surface area contributed by atoms with Crippen LogP contribution in [0.4, 0.5) is 14.6 Å². The quantitative estimate of drug-likeness (QED) is 0.761. The third-order valence-electron chi connectivity index (χ3n) is 2.70. The Hall–Kier alpha value is -1.71. The van der Waals surface area contributed by atoms with Crippen molar-refractivity contribution in [2.24, 2.45) is 0 Å². The Morgan fingerprint density at radius 3 is 2.35 bits per heavy atom. The van der Waals surface area contributed by atoms with Gasteiger partial charge in [-0.25, -0.2) is 13.8 Å². The van der Waals surface area contributed by atoms with E-state index in [4.69, 9.17) is 5.73 Å². The number of halogens is 2. The van der Waals surface area contributed by atoms with Gasteiger partial charge in [-0.3, -0.25) is 0 Å². The third kappa shape index (κ3) is 1.95. The first-order valence-corrected chi connectivity index (χ1v) is 5.35. The maximum Gasteiger partial charge on any atom is 0.168 e.